The highest BCUT2D eigenvalue weighted by atomic mass is 19.4. The number of benzene rings is 2. The van der Waals surface area contributed by atoms with Crippen molar-refractivity contribution in [1.29, 1.82) is 0 Å². The third kappa shape index (κ3) is 3.95. The molecule has 1 aliphatic heterocycles. The second kappa shape index (κ2) is 7.29. The predicted molar refractivity (Wildman–Crippen MR) is 93.6 cm³/mol. The molecule has 1 aliphatic rings. The number of halogens is 3. The molecule has 2 amide bonds. The van der Waals surface area contributed by atoms with Gasteiger partial charge >= 0.3 is 6.18 Å². The summed E-state index contributed by atoms with van der Waals surface area (Å²) in [5.41, 5.74) is -1.11. The number of para-hydroxylation sites is 1. The van der Waals surface area contributed by atoms with Gasteiger partial charge < -0.3 is 10.2 Å². The number of non-ortho nitro benzene ring substituents is 1. The van der Waals surface area contributed by atoms with Crippen LogP contribution < -0.4 is 10.2 Å². The van der Waals surface area contributed by atoms with Gasteiger partial charge in [0.2, 0.25) is 11.8 Å². The van der Waals surface area contributed by atoms with Gasteiger partial charge in [0.15, 0.2) is 0 Å². The molecule has 7 nitrogen and oxygen atoms in total. The van der Waals surface area contributed by atoms with Gasteiger partial charge in [-0.3, -0.25) is 19.7 Å². The van der Waals surface area contributed by atoms with Crippen LogP contribution in [0.4, 0.5) is 30.2 Å². The maximum absolute atomic E-state index is 13.0. The molecule has 0 aromatic heterocycles. The minimum atomic E-state index is -4.62. The first-order chi connectivity index (χ1) is 13.2. The Morgan fingerprint density at radius 1 is 1.14 bits per heavy atom. The highest BCUT2D eigenvalue weighted by molar-refractivity contribution is 6.03. The van der Waals surface area contributed by atoms with Crippen LogP contribution in [0, 0.1) is 16.0 Å². The van der Waals surface area contributed by atoms with Crippen molar-refractivity contribution >= 4 is 28.9 Å². The van der Waals surface area contributed by atoms with Crippen molar-refractivity contribution in [2.24, 2.45) is 5.92 Å². The van der Waals surface area contributed by atoms with E-state index in [1.165, 1.54) is 41.3 Å². The average Bonchev–Trinajstić information content (AvgIpc) is 3.03. The summed E-state index contributed by atoms with van der Waals surface area (Å²) in [6.07, 6.45) is -4.79. The van der Waals surface area contributed by atoms with E-state index in [4.69, 9.17) is 0 Å². The molecule has 28 heavy (non-hydrogen) atoms. The molecule has 0 aliphatic carbocycles. The first-order valence-corrected chi connectivity index (χ1v) is 8.18. The number of anilines is 2. The van der Waals surface area contributed by atoms with Crippen LogP contribution >= 0.6 is 0 Å². The Labute approximate surface area is 156 Å². The number of nitro benzene ring substituents is 1. The third-order valence-corrected chi connectivity index (χ3v) is 4.36. The quantitative estimate of drug-likeness (QED) is 0.635. The second-order valence-electron chi connectivity index (χ2n) is 6.21. The van der Waals surface area contributed by atoms with E-state index in [2.05, 4.69) is 5.32 Å². The standard InChI is InChI=1S/C18H14F3N3O4/c19-18(20,21)14-3-1-2-4-15(14)22-17(26)11-9-16(25)23(10-11)12-5-7-13(8-6-12)24(27)28/h1-8,11H,9-10H2,(H,22,26)/t11-/m0/s1. The van der Waals surface area contributed by atoms with Crippen LogP contribution in [0.15, 0.2) is 48.5 Å². The molecule has 10 heteroatoms. The van der Waals surface area contributed by atoms with Crippen molar-refractivity contribution in [3.8, 4) is 0 Å². The first kappa shape index (κ1) is 19.3. The molecule has 1 N–H and O–H groups in total. The number of hydrogen-bond donors (Lipinski definition) is 1. The molecule has 1 heterocycles. The largest absolute Gasteiger partial charge is 0.418 e. The zero-order valence-electron chi connectivity index (χ0n) is 14.3. The van der Waals surface area contributed by atoms with Crippen LogP contribution in [0.3, 0.4) is 0 Å². The number of nitrogens with one attached hydrogen (secondary N) is 1. The molecule has 1 saturated heterocycles. The Morgan fingerprint density at radius 3 is 2.39 bits per heavy atom. The number of alkyl halides is 3. The second-order valence-corrected chi connectivity index (χ2v) is 6.21. The van der Waals surface area contributed by atoms with Gasteiger partial charge in [0.05, 0.1) is 22.1 Å². The van der Waals surface area contributed by atoms with E-state index >= 15 is 0 Å². The minimum Gasteiger partial charge on any atom is -0.325 e. The Bertz CT molecular complexity index is 928. The monoisotopic (exact) mass is 393 g/mol. The molecule has 146 valence electrons. The van der Waals surface area contributed by atoms with Crippen molar-refractivity contribution in [1.82, 2.24) is 0 Å². The Morgan fingerprint density at radius 2 is 1.79 bits per heavy atom. The average molecular weight is 393 g/mol. The Hall–Kier alpha value is -3.43. The maximum Gasteiger partial charge on any atom is 0.418 e. The lowest BCUT2D eigenvalue weighted by Crippen LogP contribution is -2.28. The fourth-order valence-electron chi connectivity index (χ4n) is 2.96. The topological polar surface area (TPSA) is 92.6 Å². The molecule has 0 radical (unpaired) electrons. The van der Waals surface area contributed by atoms with E-state index in [1.54, 1.807) is 0 Å². The van der Waals surface area contributed by atoms with E-state index in [0.29, 0.717) is 5.69 Å². The summed E-state index contributed by atoms with van der Waals surface area (Å²) in [5, 5.41) is 13.0. The fraction of sp³-hybridized carbons (Fsp3) is 0.222. The van der Waals surface area contributed by atoms with Crippen LogP contribution in [0.5, 0.6) is 0 Å². The van der Waals surface area contributed by atoms with Crippen LogP contribution in [0.2, 0.25) is 0 Å². The fourth-order valence-corrected chi connectivity index (χ4v) is 2.96. The molecule has 2 aromatic carbocycles. The van der Waals surface area contributed by atoms with Gasteiger partial charge in [-0.15, -0.1) is 0 Å². The summed E-state index contributed by atoms with van der Waals surface area (Å²) >= 11 is 0. The smallest absolute Gasteiger partial charge is 0.325 e. The number of rotatable bonds is 4. The van der Waals surface area contributed by atoms with Gasteiger partial charge in [0, 0.05) is 30.8 Å². The van der Waals surface area contributed by atoms with Crippen molar-refractivity contribution in [3.05, 3.63) is 64.2 Å². The van der Waals surface area contributed by atoms with Gasteiger partial charge in [-0.2, -0.15) is 13.2 Å². The van der Waals surface area contributed by atoms with E-state index in [1.807, 2.05) is 0 Å². The lowest BCUT2D eigenvalue weighted by atomic mass is 10.1. The zero-order valence-corrected chi connectivity index (χ0v) is 14.3. The number of amides is 2. The molecule has 1 atom stereocenters. The predicted octanol–water partition coefficient (Wildman–Crippen LogP) is 3.61. The van der Waals surface area contributed by atoms with E-state index in [-0.39, 0.29) is 24.3 Å². The van der Waals surface area contributed by atoms with Crippen molar-refractivity contribution < 1.29 is 27.7 Å². The molecule has 0 unspecified atom stereocenters. The molecule has 0 spiro atoms. The van der Waals surface area contributed by atoms with E-state index in [0.717, 1.165) is 12.1 Å². The van der Waals surface area contributed by atoms with Crippen molar-refractivity contribution in [2.75, 3.05) is 16.8 Å². The van der Waals surface area contributed by atoms with Gasteiger partial charge in [-0.05, 0) is 24.3 Å². The molecular weight excluding hydrogens is 379 g/mol. The highest BCUT2D eigenvalue weighted by Crippen LogP contribution is 2.35. The number of nitrogens with zero attached hydrogens (tertiary/aromatic N) is 2. The minimum absolute atomic E-state index is 0.0311. The summed E-state index contributed by atoms with van der Waals surface area (Å²) in [6.45, 7) is -0.0311. The summed E-state index contributed by atoms with van der Waals surface area (Å²) in [6, 6.07) is 9.82. The maximum atomic E-state index is 13.0. The molecule has 2 aromatic rings. The normalized spacial score (nSPS) is 16.9. The zero-order chi connectivity index (χ0) is 20.5. The number of carbonyl (C=O) groups excluding carboxylic acids is 2. The lowest BCUT2D eigenvalue weighted by Gasteiger charge is -2.17. The Balaban J connectivity index is 1.73. The SMILES string of the molecule is O=C(Nc1ccccc1C(F)(F)F)[C@H]1CC(=O)N(c2ccc([N+](=O)[O-])cc2)C1. The molecule has 3 rings (SSSR count). The highest BCUT2D eigenvalue weighted by Gasteiger charge is 2.37. The van der Waals surface area contributed by atoms with Crippen LogP contribution in [-0.2, 0) is 15.8 Å². The summed E-state index contributed by atoms with van der Waals surface area (Å²) in [5.74, 6) is -1.93. The summed E-state index contributed by atoms with van der Waals surface area (Å²) in [4.78, 5) is 36.0. The summed E-state index contributed by atoms with van der Waals surface area (Å²) < 4.78 is 39.1. The lowest BCUT2D eigenvalue weighted by molar-refractivity contribution is -0.384. The molecular formula is C18H14F3N3O4. The molecule has 0 saturated carbocycles. The van der Waals surface area contributed by atoms with E-state index < -0.39 is 34.4 Å². The molecule has 1 fully saturated rings. The van der Waals surface area contributed by atoms with Gasteiger partial charge in [0.1, 0.15) is 0 Å². The van der Waals surface area contributed by atoms with Gasteiger partial charge in [0.25, 0.3) is 5.69 Å². The summed E-state index contributed by atoms with van der Waals surface area (Å²) in [7, 11) is 0. The van der Waals surface area contributed by atoms with Gasteiger partial charge in [-0.1, -0.05) is 12.1 Å². The van der Waals surface area contributed by atoms with Crippen LogP contribution in [0.1, 0.15) is 12.0 Å². The first-order valence-electron chi connectivity index (χ1n) is 8.18. The number of hydrogen-bond acceptors (Lipinski definition) is 4. The van der Waals surface area contributed by atoms with Crippen molar-refractivity contribution in [2.45, 2.75) is 12.6 Å². The van der Waals surface area contributed by atoms with Crippen molar-refractivity contribution in [3.63, 3.8) is 0 Å². The van der Waals surface area contributed by atoms with E-state index in [9.17, 15) is 32.9 Å². The van der Waals surface area contributed by atoms with Gasteiger partial charge in [-0.25, -0.2) is 0 Å². The number of carbonyl (C=O) groups is 2. The Kier molecular flexibility index (Phi) is 5.04. The molecule has 0 bridgehead atoms. The third-order valence-electron chi connectivity index (χ3n) is 4.36. The number of nitro groups is 1. The van der Waals surface area contributed by atoms with Crippen LogP contribution in [-0.4, -0.2) is 23.3 Å². The van der Waals surface area contributed by atoms with Crippen LogP contribution in [0.25, 0.3) is 0 Å².